The number of hydrazone groups is 1. The number of methoxy groups -OCH3 is 1. The number of alkyl halides is 1. The van der Waals surface area contributed by atoms with E-state index >= 15 is 0 Å². The van der Waals surface area contributed by atoms with Gasteiger partial charge in [-0.1, -0.05) is 30.8 Å². The summed E-state index contributed by atoms with van der Waals surface area (Å²) >= 11 is 1.21. The van der Waals surface area contributed by atoms with Gasteiger partial charge < -0.3 is 14.8 Å². The zero-order valence-electron chi connectivity index (χ0n) is 19.2. The van der Waals surface area contributed by atoms with Gasteiger partial charge in [0.25, 0.3) is 5.91 Å². The number of ether oxygens (including phenoxy) is 2. The first-order valence-electron chi connectivity index (χ1n) is 10.9. The van der Waals surface area contributed by atoms with E-state index in [0.29, 0.717) is 29.3 Å². The molecular formula is C24H24FN5O4S. The lowest BCUT2D eigenvalue weighted by molar-refractivity contribution is 0.102. The van der Waals surface area contributed by atoms with Gasteiger partial charge in [-0.25, -0.2) is 9.40 Å². The SMILES string of the molecule is CCC1SC(=O)N(Cc2ccc(NC(=O)c3cc[nH]n3)cc2)N=C1c1ccc(OCF)c(OC)c1. The highest BCUT2D eigenvalue weighted by Crippen LogP contribution is 2.34. The number of carbonyl (C=O) groups excluding carboxylic acids is 2. The molecule has 35 heavy (non-hydrogen) atoms. The van der Waals surface area contributed by atoms with E-state index in [1.807, 2.05) is 19.1 Å². The van der Waals surface area contributed by atoms with E-state index < -0.39 is 6.86 Å². The number of thioether (sulfide) groups is 1. The molecule has 1 unspecified atom stereocenters. The topological polar surface area (TPSA) is 109 Å². The summed E-state index contributed by atoms with van der Waals surface area (Å²) in [5.74, 6) is 0.363. The van der Waals surface area contributed by atoms with Crippen molar-refractivity contribution in [2.24, 2.45) is 5.10 Å². The average molecular weight is 498 g/mol. The van der Waals surface area contributed by atoms with Crippen LogP contribution in [0.3, 0.4) is 0 Å². The van der Waals surface area contributed by atoms with Crippen LogP contribution in [-0.4, -0.2) is 51.3 Å². The van der Waals surface area contributed by atoms with Gasteiger partial charge in [0, 0.05) is 17.4 Å². The average Bonchev–Trinajstić information content (AvgIpc) is 3.42. The van der Waals surface area contributed by atoms with Crippen LogP contribution in [0.25, 0.3) is 0 Å². The van der Waals surface area contributed by atoms with Crippen molar-refractivity contribution in [1.82, 2.24) is 15.2 Å². The number of rotatable bonds is 9. The quantitative estimate of drug-likeness (QED) is 0.438. The Bertz CT molecular complexity index is 1220. The molecule has 1 atom stereocenters. The molecule has 11 heteroatoms. The molecule has 3 aromatic rings. The van der Waals surface area contributed by atoms with Gasteiger partial charge in [0.05, 0.1) is 24.6 Å². The van der Waals surface area contributed by atoms with E-state index in [4.69, 9.17) is 9.47 Å². The van der Waals surface area contributed by atoms with Crippen LogP contribution in [0.1, 0.15) is 35.0 Å². The third kappa shape index (κ3) is 5.62. The van der Waals surface area contributed by atoms with E-state index in [0.717, 1.165) is 16.8 Å². The summed E-state index contributed by atoms with van der Waals surface area (Å²) in [7, 11) is 1.48. The molecule has 1 aliphatic rings. The van der Waals surface area contributed by atoms with E-state index in [1.165, 1.54) is 23.9 Å². The number of aromatic amines is 1. The van der Waals surface area contributed by atoms with Crippen LogP contribution in [0.15, 0.2) is 59.8 Å². The fraction of sp³-hybridized carbons (Fsp3) is 0.250. The standard InChI is InChI=1S/C24H24FN5O4S/c1-3-21-22(16-6-9-19(34-14-25)20(12-16)33-2)29-30(24(32)35-21)13-15-4-7-17(8-5-15)27-23(31)18-10-11-26-28-18/h4-12,21H,3,13-14H2,1-2H3,(H,26,28)(H,27,31). The van der Waals surface area contributed by atoms with Gasteiger partial charge in [-0.15, -0.1) is 0 Å². The minimum atomic E-state index is -0.960. The molecule has 2 heterocycles. The van der Waals surface area contributed by atoms with E-state index in [1.54, 1.807) is 42.6 Å². The highest BCUT2D eigenvalue weighted by molar-refractivity contribution is 8.14. The minimum Gasteiger partial charge on any atom is -0.493 e. The third-order valence-electron chi connectivity index (χ3n) is 5.31. The van der Waals surface area contributed by atoms with Crippen LogP contribution in [0.4, 0.5) is 14.9 Å². The zero-order valence-corrected chi connectivity index (χ0v) is 20.0. The third-order valence-corrected chi connectivity index (χ3v) is 6.56. The van der Waals surface area contributed by atoms with Gasteiger partial charge in [-0.3, -0.25) is 14.7 Å². The van der Waals surface area contributed by atoms with Gasteiger partial charge in [0.15, 0.2) is 11.5 Å². The van der Waals surface area contributed by atoms with Crippen molar-refractivity contribution in [2.45, 2.75) is 25.1 Å². The van der Waals surface area contributed by atoms with Crippen molar-refractivity contribution in [2.75, 3.05) is 19.3 Å². The van der Waals surface area contributed by atoms with E-state index in [2.05, 4.69) is 20.6 Å². The minimum absolute atomic E-state index is 0.129. The van der Waals surface area contributed by atoms with Crippen LogP contribution >= 0.6 is 11.8 Å². The van der Waals surface area contributed by atoms with Crippen LogP contribution in [0.2, 0.25) is 0 Å². The molecular weight excluding hydrogens is 473 g/mol. The molecule has 9 nitrogen and oxygen atoms in total. The van der Waals surface area contributed by atoms with Crippen LogP contribution in [-0.2, 0) is 6.54 Å². The Morgan fingerprint density at radius 2 is 2.00 bits per heavy atom. The van der Waals surface area contributed by atoms with E-state index in [-0.39, 0.29) is 22.9 Å². The first kappa shape index (κ1) is 24.3. The van der Waals surface area contributed by atoms with Gasteiger partial charge in [-0.05, 0) is 48.4 Å². The number of aromatic nitrogens is 2. The van der Waals surface area contributed by atoms with Crippen molar-refractivity contribution in [3.05, 3.63) is 71.5 Å². The lowest BCUT2D eigenvalue weighted by Crippen LogP contribution is -2.34. The van der Waals surface area contributed by atoms with Gasteiger partial charge >= 0.3 is 5.24 Å². The Labute approximate surface area is 205 Å². The molecule has 0 spiro atoms. The number of nitrogens with zero attached hydrogens (tertiary/aromatic N) is 3. The molecule has 0 saturated heterocycles. The first-order chi connectivity index (χ1) is 17.0. The summed E-state index contributed by atoms with van der Waals surface area (Å²) in [6.07, 6.45) is 2.28. The number of carbonyl (C=O) groups is 2. The predicted molar refractivity (Wildman–Crippen MR) is 132 cm³/mol. The summed E-state index contributed by atoms with van der Waals surface area (Å²) in [5, 5.41) is 15.0. The maximum atomic E-state index is 12.8. The number of halogens is 1. The predicted octanol–water partition coefficient (Wildman–Crippen LogP) is 4.83. The van der Waals surface area contributed by atoms with Crippen LogP contribution in [0.5, 0.6) is 11.5 Å². The van der Waals surface area contributed by atoms with Crippen molar-refractivity contribution in [1.29, 1.82) is 0 Å². The van der Waals surface area contributed by atoms with Gasteiger partial charge in [0.2, 0.25) is 6.86 Å². The highest BCUT2D eigenvalue weighted by atomic mass is 32.2. The number of anilines is 1. The van der Waals surface area contributed by atoms with Crippen molar-refractivity contribution < 1.29 is 23.5 Å². The molecule has 0 fully saturated rings. The molecule has 2 amide bonds. The second-order valence-corrected chi connectivity index (χ2v) is 8.71. The zero-order chi connectivity index (χ0) is 24.8. The lowest BCUT2D eigenvalue weighted by Gasteiger charge is -2.28. The molecule has 0 saturated carbocycles. The number of hydrogen-bond donors (Lipinski definition) is 2. The first-order valence-corrected chi connectivity index (χ1v) is 11.7. The maximum absolute atomic E-state index is 12.8. The Morgan fingerprint density at radius 1 is 1.20 bits per heavy atom. The summed E-state index contributed by atoms with van der Waals surface area (Å²) in [6, 6.07) is 13.9. The largest absolute Gasteiger partial charge is 0.493 e. The number of nitrogens with one attached hydrogen (secondary N) is 2. The van der Waals surface area contributed by atoms with Crippen molar-refractivity contribution in [3.63, 3.8) is 0 Å². The Kier molecular flexibility index (Phi) is 7.66. The van der Waals surface area contributed by atoms with Crippen LogP contribution < -0.4 is 14.8 Å². The molecule has 4 rings (SSSR count). The fourth-order valence-corrected chi connectivity index (χ4v) is 4.48. The Morgan fingerprint density at radius 3 is 2.66 bits per heavy atom. The highest BCUT2D eigenvalue weighted by Gasteiger charge is 2.30. The molecule has 2 aromatic carbocycles. The smallest absolute Gasteiger partial charge is 0.302 e. The summed E-state index contributed by atoms with van der Waals surface area (Å²) < 4.78 is 22.9. The summed E-state index contributed by atoms with van der Waals surface area (Å²) in [4.78, 5) is 24.9. The summed E-state index contributed by atoms with van der Waals surface area (Å²) in [5.41, 5.74) is 3.24. The molecule has 2 N–H and O–H groups in total. The molecule has 0 aliphatic carbocycles. The number of amides is 2. The monoisotopic (exact) mass is 497 g/mol. The number of hydrogen-bond acceptors (Lipinski definition) is 7. The second-order valence-electron chi connectivity index (χ2n) is 7.55. The maximum Gasteiger partial charge on any atom is 0.302 e. The number of benzene rings is 2. The molecule has 0 bridgehead atoms. The lowest BCUT2D eigenvalue weighted by atomic mass is 10.0. The van der Waals surface area contributed by atoms with E-state index in [9.17, 15) is 14.0 Å². The second kappa shape index (κ2) is 11.0. The van der Waals surface area contributed by atoms with Crippen LogP contribution in [0, 0.1) is 0 Å². The van der Waals surface area contributed by atoms with Gasteiger partial charge in [-0.2, -0.15) is 10.2 Å². The Balaban J connectivity index is 1.52. The molecule has 182 valence electrons. The van der Waals surface area contributed by atoms with Crippen molar-refractivity contribution in [3.8, 4) is 11.5 Å². The summed E-state index contributed by atoms with van der Waals surface area (Å²) in [6.45, 7) is 1.29. The van der Waals surface area contributed by atoms with Crippen molar-refractivity contribution >= 4 is 34.3 Å². The Hall–Kier alpha value is -3.86. The number of H-pyrrole nitrogens is 1. The molecule has 1 aromatic heterocycles. The van der Waals surface area contributed by atoms with Gasteiger partial charge in [0.1, 0.15) is 5.69 Å². The molecule has 0 radical (unpaired) electrons. The molecule has 1 aliphatic heterocycles. The normalized spacial score (nSPS) is 15.5. The fourth-order valence-electron chi connectivity index (χ4n) is 3.55.